The number of carboxylic acids is 1. The smallest absolute Gasteiger partial charge is 0.477 e. The fraction of sp³-hybridized carbons (Fsp3) is 0.772. The van der Waals surface area contributed by atoms with E-state index in [2.05, 4.69) is 5.32 Å². The molecule has 0 radical (unpaired) electrons. The molecular weight excluding hydrogens is 1060 g/mol. The number of carboxylic acid groups (broad SMARTS) is 1. The highest BCUT2D eigenvalue weighted by atomic mass is 35.5. The molecule has 2 aromatic rings. The van der Waals surface area contributed by atoms with Crippen molar-refractivity contribution in [3.05, 3.63) is 39.1 Å². The van der Waals surface area contributed by atoms with E-state index in [0.717, 1.165) is 12.8 Å². The highest BCUT2D eigenvalue weighted by Crippen LogP contribution is 2.43. The SMILES string of the molecule is CC[C@H]1OC(=O)[C@H](C)[C@@H](O[C@H]2C[C@@](C)(OC)[C@@H](OC(=O)CCOCCNc3cc4c(=O)c(C(=O)O)cn(C5CC5)c4cc3Cl)[C@H](C)O2)[C@H](C)[C@@H](O[C@@H]2O[C@H](C)C[C@H](N(C)C)[C@H]2O)[C@](C)(O)C[C@@H](C)CN(C)[C@H](C)[C@@H]2OC(=O)O[C@]12C. The summed E-state index contributed by atoms with van der Waals surface area (Å²) >= 11 is 6.63. The zero-order chi connectivity index (χ0) is 58.9. The Morgan fingerprint density at radius 3 is 2.30 bits per heavy atom. The first-order chi connectivity index (χ1) is 37.5. The number of halogens is 1. The maximum absolute atomic E-state index is 14.8. The van der Waals surface area contributed by atoms with Crippen LogP contribution in [0.15, 0.2) is 23.1 Å². The van der Waals surface area contributed by atoms with E-state index in [-0.39, 0.29) is 80.5 Å². The molecule has 22 nitrogen and oxygen atoms in total. The number of hydrogen-bond acceptors (Lipinski definition) is 20. The van der Waals surface area contributed by atoms with E-state index >= 15 is 0 Å². The molecule has 4 saturated heterocycles. The highest BCUT2D eigenvalue weighted by Gasteiger charge is 2.58. The molecule has 1 saturated carbocycles. The molecule has 1 aromatic heterocycles. The van der Waals surface area contributed by atoms with E-state index in [1.165, 1.54) is 13.3 Å². The fourth-order valence-electron chi connectivity index (χ4n) is 12.6. The predicted octanol–water partition coefficient (Wildman–Crippen LogP) is 6.15. The standard InChI is InChI=1S/C57H87ClN4O18/c1-15-42-57(10)49(79-54(69)80-57)33(6)61(13)27-29(2)25-55(8,70)48(78-53-46(65)41(60(11)12)22-30(3)73-53)31(4)47(32(5)52(68)75-42)77-44-26-56(9,71-14)50(34(7)74-44)76-43(63)18-20-72-21-19-59-39-23-36-40(24-38(39)58)62(35-16-17-35)28-37(45(36)64)51(66)67/h23-24,28-35,41-42,44,46-50,53,59,65,70H,15-22,25-27H2,1-14H3,(H,66,67)/t29-,30-,31+,32-,33-,34+,41+,42-,44+,46-,47+,48-,49+,50+,53+,55-,56-,57-/m1/s1. The molecule has 4 aliphatic heterocycles. The molecule has 1 aromatic carbocycles. The molecule has 0 amide bonds. The second kappa shape index (κ2) is 25.7. The predicted molar refractivity (Wildman–Crippen MR) is 294 cm³/mol. The molecular formula is C57H87ClN4O18. The van der Waals surface area contributed by atoms with E-state index in [9.17, 15) is 39.3 Å². The van der Waals surface area contributed by atoms with Gasteiger partial charge in [-0.2, -0.15) is 0 Å². The Bertz CT molecular complexity index is 2580. The third-order valence-electron chi connectivity index (χ3n) is 17.2. The summed E-state index contributed by atoms with van der Waals surface area (Å²) in [6.45, 7) is 18.8. The minimum absolute atomic E-state index is 0.00170. The number of cyclic esters (lactones) is 1. The summed E-state index contributed by atoms with van der Waals surface area (Å²) < 4.78 is 64.5. The lowest BCUT2D eigenvalue weighted by molar-refractivity contribution is -0.318. The molecule has 5 aliphatic rings. The first-order valence-corrected chi connectivity index (χ1v) is 28.6. The summed E-state index contributed by atoms with van der Waals surface area (Å²) in [6, 6.07) is 2.57. The average Bonchev–Trinajstić information content (AvgIpc) is 4.35. The lowest BCUT2D eigenvalue weighted by Crippen LogP contribution is -2.61. The normalized spacial score (nSPS) is 37.7. The number of aromatic nitrogens is 1. The lowest BCUT2D eigenvalue weighted by Gasteiger charge is -2.49. The van der Waals surface area contributed by atoms with Crippen molar-refractivity contribution in [1.29, 1.82) is 0 Å². The molecule has 0 unspecified atom stereocenters. The summed E-state index contributed by atoms with van der Waals surface area (Å²) in [5, 5.41) is 38.1. The summed E-state index contributed by atoms with van der Waals surface area (Å²) in [4.78, 5) is 70.3. The van der Waals surface area contributed by atoms with Crippen molar-refractivity contribution in [2.75, 3.05) is 59.9 Å². The van der Waals surface area contributed by atoms with Gasteiger partial charge in [-0.15, -0.1) is 0 Å². The van der Waals surface area contributed by atoms with Gasteiger partial charge < -0.3 is 77.5 Å². The van der Waals surface area contributed by atoms with Crippen LogP contribution in [0.1, 0.15) is 131 Å². The van der Waals surface area contributed by atoms with Crippen molar-refractivity contribution in [1.82, 2.24) is 14.4 Å². The number of aliphatic hydroxyl groups is 2. The maximum Gasteiger partial charge on any atom is 0.509 e. The number of fused-ring (bicyclic) bond motifs is 2. The number of anilines is 1. The lowest BCUT2D eigenvalue weighted by atomic mass is 9.77. The quantitative estimate of drug-likeness (QED) is 0.0786. The molecule has 23 heteroatoms. The van der Waals surface area contributed by atoms with Crippen LogP contribution in [0.25, 0.3) is 10.9 Å². The minimum atomic E-state index is -1.64. The number of benzene rings is 1. The van der Waals surface area contributed by atoms with Crippen LogP contribution in [-0.4, -0.2) is 199 Å². The van der Waals surface area contributed by atoms with Gasteiger partial charge >= 0.3 is 24.1 Å². The van der Waals surface area contributed by atoms with Crippen LogP contribution in [0.2, 0.25) is 5.02 Å². The number of rotatable bonds is 17. The number of esters is 2. The number of aliphatic hydroxyl groups excluding tert-OH is 1. The summed E-state index contributed by atoms with van der Waals surface area (Å²) in [7, 11) is 7.13. The number of nitrogens with one attached hydrogen (secondary N) is 1. The van der Waals surface area contributed by atoms with Crippen molar-refractivity contribution >= 4 is 52.3 Å². The summed E-state index contributed by atoms with van der Waals surface area (Å²) in [5.41, 5.74) is -4.13. The average molecular weight is 1150 g/mol. The molecule has 1 aliphatic carbocycles. The van der Waals surface area contributed by atoms with Gasteiger partial charge in [0.2, 0.25) is 5.43 Å². The van der Waals surface area contributed by atoms with Gasteiger partial charge in [-0.05, 0) is 120 Å². The molecule has 18 atom stereocenters. The van der Waals surface area contributed by atoms with Crippen molar-refractivity contribution < 1.29 is 81.9 Å². The van der Waals surface area contributed by atoms with E-state index < -0.39 is 119 Å². The van der Waals surface area contributed by atoms with Crippen LogP contribution in [0, 0.1) is 17.8 Å². The van der Waals surface area contributed by atoms with Crippen molar-refractivity contribution in [2.45, 2.75) is 211 Å². The van der Waals surface area contributed by atoms with Crippen molar-refractivity contribution in [3.8, 4) is 0 Å². The van der Waals surface area contributed by atoms with Crippen molar-refractivity contribution in [2.24, 2.45) is 17.8 Å². The van der Waals surface area contributed by atoms with Crippen molar-refractivity contribution in [3.63, 3.8) is 0 Å². The Morgan fingerprint density at radius 1 is 0.963 bits per heavy atom. The number of carbonyl (C=O) groups excluding carboxylic acids is 3. The van der Waals surface area contributed by atoms with Crippen LogP contribution in [0.3, 0.4) is 0 Å². The summed E-state index contributed by atoms with van der Waals surface area (Å²) in [6.07, 6.45) is -6.31. The van der Waals surface area contributed by atoms with E-state index in [0.29, 0.717) is 29.2 Å². The second-order valence-corrected chi connectivity index (χ2v) is 24.4. The van der Waals surface area contributed by atoms with Crippen LogP contribution in [0.5, 0.6) is 0 Å². The van der Waals surface area contributed by atoms with Gasteiger partial charge in [0.25, 0.3) is 0 Å². The number of aromatic carboxylic acids is 1. The molecule has 450 valence electrons. The molecule has 0 spiro atoms. The van der Waals surface area contributed by atoms with Gasteiger partial charge in [-0.25, -0.2) is 9.59 Å². The molecule has 7 rings (SSSR count). The second-order valence-electron chi connectivity index (χ2n) is 24.0. The van der Waals surface area contributed by atoms with Crippen LogP contribution >= 0.6 is 11.6 Å². The summed E-state index contributed by atoms with van der Waals surface area (Å²) in [5.74, 6) is -4.69. The molecule has 0 bridgehead atoms. The Balaban J connectivity index is 1.07. The first kappa shape index (κ1) is 63.4. The van der Waals surface area contributed by atoms with Gasteiger partial charge in [-0.3, -0.25) is 19.3 Å². The van der Waals surface area contributed by atoms with Crippen LogP contribution in [-0.2, 0) is 57.0 Å². The molecule has 5 heterocycles. The number of nitrogens with zero attached hydrogens (tertiary/aromatic N) is 3. The number of carbonyl (C=O) groups is 4. The third kappa shape index (κ3) is 13.9. The third-order valence-corrected chi connectivity index (χ3v) is 17.5. The number of pyridine rings is 1. The molecule has 80 heavy (non-hydrogen) atoms. The first-order valence-electron chi connectivity index (χ1n) is 28.2. The number of hydrogen-bond donors (Lipinski definition) is 4. The van der Waals surface area contributed by atoms with Gasteiger partial charge in [0.05, 0.1) is 71.8 Å². The largest absolute Gasteiger partial charge is 0.509 e. The van der Waals surface area contributed by atoms with E-state index in [4.69, 9.17) is 59.0 Å². The Morgan fingerprint density at radius 2 is 1.66 bits per heavy atom. The van der Waals surface area contributed by atoms with Gasteiger partial charge in [0, 0.05) is 62.2 Å². The van der Waals surface area contributed by atoms with Gasteiger partial charge in [0.15, 0.2) is 30.4 Å². The van der Waals surface area contributed by atoms with Crippen LogP contribution < -0.4 is 10.7 Å². The van der Waals surface area contributed by atoms with Crippen LogP contribution in [0.4, 0.5) is 10.5 Å². The monoisotopic (exact) mass is 1150 g/mol. The number of ether oxygens (including phenoxy) is 10. The zero-order valence-corrected chi connectivity index (χ0v) is 49.7. The molecule has 5 fully saturated rings. The topological polar surface area (TPSA) is 262 Å². The Labute approximate surface area is 474 Å². The van der Waals surface area contributed by atoms with E-state index in [1.807, 2.05) is 65.6 Å². The number of methoxy groups -OCH3 is 1. The minimum Gasteiger partial charge on any atom is -0.477 e. The number of likely N-dealkylation sites (N-methyl/N-ethyl adjacent to an activating group) is 2. The van der Waals surface area contributed by atoms with Gasteiger partial charge in [-0.1, -0.05) is 32.4 Å². The Hall–Kier alpha value is -4.20. The van der Waals surface area contributed by atoms with Gasteiger partial charge in [0.1, 0.15) is 23.4 Å². The Kier molecular flexibility index (Phi) is 20.4. The zero-order valence-electron chi connectivity index (χ0n) is 48.9. The highest BCUT2D eigenvalue weighted by molar-refractivity contribution is 6.34. The molecule has 4 N–H and O–H groups in total. The fourth-order valence-corrected chi connectivity index (χ4v) is 12.8. The maximum atomic E-state index is 14.8. The van der Waals surface area contributed by atoms with E-state index in [1.54, 1.807) is 51.3 Å².